The van der Waals surface area contributed by atoms with E-state index in [0.29, 0.717) is 11.8 Å². The summed E-state index contributed by atoms with van der Waals surface area (Å²) in [5.74, 6) is 1.30. The Morgan fingerprint density at radius 2 is 2.11 bits per heavy atom. The van der Waals surface area contributed by atoms with Gasteiger partial charge in [-0.15, -0.1) is 10.2 Å². The molecule has 27 heavy (non-hydrogen) atoms. The average molecular weight is 405 g/mol. The lowest BCUT2D eigenvalue weighted by Crippen LogP contribution is -2.46. The fourth-order valence-electron chi connectivity index (χ4n) is 3.44. The van der Waals surface area contributed by atoms with Crippen molar-refractivity contribution in [3.63, 3.8) is 0 Å². The number of nitrogens with one attached hydrogen (secondary N) is 2. The van der Waals surface area contributed by atoms with Gasteiger partial charge in [0.15, 0.2) is 4.34 Å². The van der Waals surface area contributed by atoms with Crippen molar-refractivity contribution in [3.8, 4) is 0 Å². The van der Waals surface area contributed by atoms with E-state index in [4.69, 9.17) is 0 Å². The van der Waals surface area contributed by atoms with Gasteiger partial charge in [0.05, 0.1) is 5.25 Å². The van der Waals surface area contributed by atoms with E-state index in [1.54, 1.807) is 0 Å². The van der Waals surface area contributed by atoms with Crippen molar-refractivity contribution < 1.29 is 4.79 Å². The molecule has 7 heteroatoms. The Kier molecular flexibility index (Phi) is 6.76. The molecule has 0 spiro atoms. The molecule has 3 rings (SSSR count). The molecule has 0 unspecified atom stereocenters. The van der Waals surface area contributed by atoms with Crippen LogP contribution >= 0.6 is 23.1 Å². The number of thioether (sulfide) groups is 1. The highest BCUT2D eigenvalue weighted by atomic mass is 32.2. The van der Waals surface area contributed by atoms with Crippen LogP contribution in [0, 0.1) is 18.8 Å². The van der Waals surface area contributed by atoms with Crippen molar-refractivity contribution in [2.45, 2.75) is 62.6 Å². The molecule has 1 fully saturated rings. The predicted octanol–water partition coefficient (Wildman–Crippen LogP) is 5.01. The molecule has 2 aromatic rings. The zero-order valence-electron chi connectivity index (χ0n) is 16.4. The predicted molar refractivity (Wildman–Crippen MR) is 114 cm³/mol. The van der Waals surface area contributed by atoms with Crippen LogP contribution in [0.15, 0.2) is 28.6 Å². The molecular weight excluding hydrogens is 376 g/mol. The number of benzene rings is 1. The molecule has 1 aromatic carbocycles. The van der Waals surface area contributed by atoms with Gasteiger partial charge >= 0.3 is 0 Å². The highest BCUT2D eigenvalue weighted by Crippen LogP contribution is 2.32. The summed E-state index contributed by atoms with van der Waals surface area (Å²) in [6.45, 7) is 8.53. The second-order valence-electron chi connectivity index (χ2n) is 7.51. The first-order chi connectivity index (χ1) is 12.9. The first-order valence-corrected chi connectivity index (χ1v) is 11.3. The summed E-state index contributed by atoms with van der Waals surface area (Å²) in [5, 5.41) is 15.5. The number of aromatic nitrogens is 2. The number of hydrogen-bond acceptors (Lipinski definition) is 6. The molecule has 1 saturated carbocycles. The molecule has 1 amide bonds. The molecule has 1 aliphatic rings. The molecule has 0 saturated heterocycles. The minimum atomic E-state index is -0.186. The Balaban J connectivity index is 1.54. The summed E-state index contributed by atoms with van der Waals surface area (Å²) < 4.78 is 0.804. The van der Waals surface area contributed by atoms with Gasteiger partial charge in [-0.05, 0) is 49.8 Å². The smallest absolute Gasteiger partial charge is 0.233 e. The number of rotatable bonds is 6. The van der Waals surface area contributed by atoms with Crippen molar-refractivity contribution in [1.29, 1.82) is 0 Å². The Hall–Kier alpha value is -1.60. The van der Waals surface area contributed by atoms with Crippen LogP contribution in [0.3, 0.4) is 0 Å². The van der Waals surface area contributed by atoms with Gasteiger partial charge in [-0.25, -0.2) is 0 Å². The summed E-state index contributed by atoms with van der Waals surface area (Å²) >= 11 is 2.95. The van der Waals surface area contributed by atoms with E-state index in [0.717, 1.165) is 21.6 Å². The Labute approximate surface area is 169 Å². The van der Waals surface area contributed by atoms with Crippen molar-refractivity contribution in [2.24, 2.45) is 11.8 Å². The molecule has 1 aromatic heterocycles. The van der Waals surface area contributed by atoms with E-state index in [1.807, 2.05) is 19.1 Å². The largest absolute Gasteiger partial charge is 0.352 e. The standard InChI is InChI=1S/C20H28N4OS2/c1-12-7-5-9-16(11-12)21-19-23-24-20(27-19)26-15(4)18(25)22-17-10-6-8-13(2)14(17)3/h5,7,9,11,13-15,17H,6,8,10H2,1-4H3,(H,21,23)(H,22,25)/t13-,14+,15+,17+/m1/s1. The SMILES string of the molecule is Cc1cccc(Nc2nnc(S[C@@H](C)C(=O)N[C@H]3CCC[C@@H](C)[C@@H]3C)s2)c1. The van der Waals surface area contributed by atoms with Crippen LogP contribution in [0.4, 0.5) is 10.8 Å². The van der Waals surface area contributed by atoms with Gasteiger partial charge in [0.1, 0.15) is 0 Å². The Bertz CT molecular complexity index is 779. The quantitative estimate of drug-likeness (QED) is 0.662. The van der Waals surface area contributed by atoms with Gasteiger partial charge in [0.2, 0.25) is 11.0 Å². The molecule has 0 radical (unpaired) electrons. The van der Waals surface area contributed by atoms with Crippen molar-refractivity contribution in [2.75, 3.05) is 5.32 Å². The van der Waals surface area contributed by atoms with Gasteiger partial charge in [-0.2, -0.15) is 0 Å². The van der Waals surface area contributed by atoms with E-state index < -0.39 is 0 Å². The topological polar surface area (TPSA) is 66.9 Å². The lowest BCUT2D eigenvalue weighted by atomic mass is 9.78. The maximum absolute atomic E-state index is 12.6. The molecule has 1 aliphatic carbocycles. The van der Waals surface area contributed by atoms with Crippen LogP contribution < -0.4 is 10.6 Å². The van der Waals surface area contributed by atoms with E-state index in [2.05, 4.69) is 53.7 Å². The van der Waals surface area contributed by atoms with Crippen LogP contribution in [0.2, 0.25) is 0 Å². The van der Waals surface area contributed by atoms with Crippen LogP contribution in [0.5, 0.6) is 0 Å². The van der Waals surface area contributed by atoms with Gasteiger partial charge in [0.25, 0.3) is 0 Å². The Morgan fingerprint density at radius 1 is 1.30 bits per heavy atom. The lowest BCUT2D eigenvalue weighted by molar-refractivity contribution is -0.121. The van der Waals surface area contributed by atoms with Crippen molar-refractivity contribution in [3.05, 3.63) is 29.8 Å². The molecular formula is C20H28N4OS2. The van der Waals surface area contributed by atoms with E-state index in [1.165, 1.54) is 41.5 Å². The normalized spacial score (nSPS) is 23.6. The number of carbonyl (C=O) groups is 1. The van der Waals surface area contributed by atoms with Gasteiger partial charge < -0.3 is 10.6 Å². The highest BCUT2D eigenvalue weighted by Gasteiger charge is 2.29. The number of amides is 1. The lowest BCUT2D eigenvalue weighted by Gasteiger charge is -2.35. The molecule has 2 N–H and O–H groups in total. The summed E-state index contributed by atoms with van der Waals surface area (Å²) in [4.78, 5) is 12.6. The number of hydrogen-bond donors (Lipinski definition) is 2. The molecule has 4 atom stereocenters. The van der Waals surface area contributed by atoms with Crippen molar-refractivity contribution >= 4 is 39.8 Å². The number of nitrogens with zero attached hydrogens (tertiary/aromatic N) is 2. The highest BCUT2D eigenvalue weighted by molar-refractivity contribution is 8.02. The Morgan fingerprint density at radius 3 is 2.89 bits per heavy atom. The number of anilines is 2. The molecule has 146 valence electrons. The van der Waals surface area contributed by atoms with Crippen molar-refractivity contribution in [1.82, 2.24) is 15.5 Å². The van der Waals surface area contributed by atoms with Gasteiger partial charge in [-0.3, -0.25) is 4.79 Å². The maximum Gasteiger partial charge on any atom is 0.233 e. The fraction of sp³-hybridized carbons (Fsp3) is 0.550. The van der Waals surface area contributed by atoms with E-state index >= 15 is 0 Å². The second kappa shape index (κ2) is 9.06. The third kappa shape index (κ3) is 5.45. The average Bonchev–Trinajstić information content (AvgIpc) is 3.05. The van der Waals surface area contributed by atoms with Crippen LogP contribution in [0.25, 0.3) is 0 Å². The third-order valence-electron chi connectivity index (χ3n) is 5.36. The summed E-state index contributed by atoms with van der Waals surface area (Å²) in [7, 11) is 0. The van der Waals surface area contributed by atoms with Crippen LogP contribution in [-0.2, 0) is 4.79 Å². The first kappa shape index (κ1) is 20.1. The first-order valence-electron chi connectivity index (χ1n) is 9.56. The van der Waals surface area contributed by atoms with Crippen LogP contribution in [0.1, 0.15) is 45.6 Å². The molecule has 1 heterocycles. The molecule has 0 bridgehead atoms. The van der Waals surface area contributed by atoms with Gasteiger partial charge in [0, 0.05) is 11.7 Å². The molecule has 5 nitrogen and oxygen atoms in total. The third-order valence-corrected chi connectivity index (χ3v) is 7.38. The number of carbonyl (C=O) groups excluding carboxylic acids is 1. The number of aryl methyl sites for hydroxylation is 1. The van der Waals surface area contributed by atoms with Gasteiger partial charge in [-0.1, -0.05) is 61.9 Å². The summed E-state index contributed by atoms with van der Waals surface area (Å²) in [5.41, 5.74) is 2.18. The van der Waals surface area contributed by atoms with Crippen LogP contribution in [-0.4, -0.2) is 27.4 Å². The van der Waals surface area contributed by atoms with E-state index in [-0.39, 0.29) is 17.2 Å². The van der Waals surface area contributed by atoms with E-state index in [9.17, 15) is 4.79 Å². The summed E-state index contributed by atoms with van der Waals surface area (Å²) in [6.07, 6.45) is 3.54. The summed E-state index contributed by atoms with van der Waals surface area (Å²) in [6, 6.07) is 8.42. The minimum absolute atomic E-state index is 0.0920. The maximum atomic E-state index is 12.6. The zero-order chi connectivity index (χ0) is 19.4. The fourth-order valence-corrected chi connectivity index (χ4v) is 5.37. The monoisotopic (exact) mass is 404 g/mol. The minimum Gasteiger partial charge on any atom is -0.352 e. The molecule has 0 aliphatic heterocycles. The zero-order valence-corrected chi connectivity index (χ0v) is 18.0. The second-order valence-corrected chi connectivity index (χ2v) is 10.1.